The highest BCUT2D eigenvalue weighted by Gasteiger charge is 2.13. The van der Waals surface area contributed by atoms with Crippen LogP contribution in [0.2, 0.25) is 0 Å². The smallest absolute Gasteiger partial charge is 0.128 e. The average molecular weight is 257 g/mol. The molecule has 2 aliphatic heterocycles. The largest absolute Gasteiger partial charge is 0.370 e. The van der Waals surface area contributed by atoms with Crippen molar-refractivity contribution in [1.82, 2.24) is 10.6 Å². The average Bonchev–Trinajstić information content (AvgIpc) is 2.50. The summed E-state index contributed by atoms with van der Waals surface area (Å²) < 4.78 is 0. The number of nitrogens with one attached hydrogen (secondary N) is 2. The standard InChI is InChI=1S/C16H23N3/c1-8-18-16(19-9-1)15-4-2-13(3-5-15)12-14-6-10-17-11-7-14/h2-5,14,17H,1,6-12H2,(H,18,19). The van der Waals surface area contributed by atoms with E-state index in [1.54, 1.807) is 0 Å². The van der Waals surface area contributed by atoms with E-state index in [2.05, 4.69) is 39.9 Å². The Morgan fingerprint density at radius 3 is 2.53 bits per heavy atom. The van der Waals surface area contributed by atoms with Gasteiger partial charge in [0.05, 0.1) is 0 Å². The van der Waals surface area contributed by atoms with E-state index in [0.717, 1.165) is 31.3 Å². The minimum atomic E-state index is 0.859. The molecule has 3 heteroatoms. The van der Waals surface area contributed by atoms with Gasteiger partial charge in [-0.25, -0.2) is 0 Å². The van der Waals surface area contributed by atoms with Crippen molar-refractivity contribution in [2.24, 2.45) is 10.9 Å². The highest BCUT2D eigenvalue weighted by molar-refractivity contribution is 5.99. The van der Waals surface area contributed by atoms with Crippen molar-refractivity contribution < 1.29 is 0 Å². The van der Waals surface area contributed by atoms with Crippen LogP contribution >= 0.6 is 0 Å². The van der Waals surface area contributed by atoms with E-state index in [4.69, 9.17) is 0 Å². The Bertz CT molecular complexity index is 430. The minimum Gasteiger partial charge on any atom is -0.370 e. The van der Waals surface area contributed by atoms with E-state index in [-0.39, 0.29) is 0 Å². The molecule has 19 heavy (non-hydrogen) atoms. The maximum absolute atomic E-state index is 4.54. The molecule has 2 aliphatic rings. The van der Waals surface area contributed by atoms with Crippen molar-refractivity contribution in [2.45, 2.75) is 25.7 Å². The maximum atomic E-state index is 4.54. The zero-order valence-electron chi connectivity index (χ0n) is 11.5. The van der Waals surface area contributed by atoms with E-state index in [9.17, 15) is 0 Å². The summed E-state index contributed by atoms with van der Waals surface area (Å²) in [5.41, 5.74) is 2.70. The molecule has 0 saturated carbocycles. The van der Waals surface area contributed by atoms with Crippen LogP contribution < -0.4 is 10.6 Å². The van der Waals surface area contributed by atoms with Gasteiger partial charge in [0.15, 0.2) is 0 Å². The molecule has 0 aromatic heterocycles. The number of hydrogen-bond acceptors (Lipinski definition) is 3. The van der Waals surface area contributed by atoms with Gasteiger partial charge in [-0.3, -0.25) is 4.99 Å². The van der Waals surface area contributed by atoms with Crippen molar-refractivity contribution in [3.8, 4) is 0 Å². The number of rotatable bonds is 3. The lowest BCUT2D eigenvalue weighted by Gasteiger charge is -2.22. The van der Waals surface area contributed by atoms with Crippen LogP contribution in [0.5, 0.6) is 0 Å². The predicted octanol–water partition coefficient (Wildman–Crippen LogP) is 1.97. The van der Waals surface area contributed by atoms with Crippen LogP contribution in [-0.2, 0) is 6.42 Å². The molecule has 1 aromatic carbocycles. The Hall–Kier alpha value is -1.35. The molecule has 1 saturated heterocycles. The third-order valence-electron chi connectivity index (χ3n) is 4.11. The van der Waals surface area contributed by atoms with Crippen molar-refractivity contribution in [2.75, 3.05) is 26.2 Å². The van der Waals surface area contributed by atoms with Gasteiger partial charge >= 0.3 is 0 Å². The molecule has 102 valence electrons. The lowest BCUT2D eigenvalue weighted by Crippen LogP contribution is -2.30. The molecule has 1 fully saturated rings. The monoisotopic (exact) mass is 257 g/mol. The number of hydrogen-bond donors (Lipinski definition) is 2. The van der Waals surface area contributed by atoms with E-state index < -0.39 is 0 Å². The number of amidine groups is 1. The first-order valence-corrected chi connectivity index (χ1v) is 7.50. The molecule has 3 rings (SSSR count). The van der Waals surface area contributed by atoms with Crippen LogP contribution in [-0.4, -0.2) is 32.0 Å². The lowest BCUT2D eigenvalue weighted by atomic mass is 9.91. The SMILES string of the molecule is c1cc(C2=NCCCN2)ccc1CC1CCNCC1. The summed E-state index contributed by atoms with van der Waals surface area (Å²) in [5.74, 6) is 1.93. The minimum absolute atomic E-state index is 0.859. The second kappa shape index (κ2) is 6.20. The number of aliphatic imine (C=N–C) groups is 1. The Morgan fingerprint density at radius 1 is 1.05 bits per heavy atom. The van der Waals surface area contributed by atoms with Gasteiger partial charge in [-0.15, -0.1) is 0 Å². The molecule has 0 amide bonds. The van der Waals surface area contributed by atoms with Gasteiger partial charge in [-0.05, 0) is 50.3 Å². The molecule has 2 N–H and O–H groups in total. The Kier molecular flexibility index (Phi) is 4.13. The molecular formula is C16H23N3. The number of piperidine rings is 1. The second-order valence-electron chi connectivity index (χ2n) is 5.61. The fraction of sp³-hybridized carbons (Fsp3) is 0.562. The molecule has 0 radical (unpaired) electrons. The van der Waals surface area contributed by atoms with Crippen molar-refractivity contribution in [1.29, 1.82) is 0 Å². The van der Waals surface area contributed by atoms with Crippen LogP contribution in [0.1, 0.15) is 30.4 Å². The Labute approximate surface area is 115 Å². The van der Waals surface area contributed by atoms with Gasteiger partial charge in [0.2, 0.25) is 0 Å². The second-order valence-corrected chi connectivity index (χ2v) is 5.61. The molecule has 3 nitrogen and oxygen atoms in total. The topological polar surface area (TPSA) is 36.4 Å². The quantitative estimate of drug-likeness (QED) is 0.868. The first-order chi connectivity index (χ1) is 9.42. The lowest BCUT2D eigenvalue weighted by molar-refractivity contribution is 0.372. The Balaban J connectivity index is 1.63. The van der Waals surface area contributed by atoms with Gasteiger partial charge in [0.1, 0.15) is 5.84 Å². The summed E-state index contributed by atoms with van der Waals surface area (Å²) in [6, 6.07) is 8.98. The highest BCUT2D eigenvalue weighted by atomic mass is 15.0. The number of nitrogens with zero attached hydrogens (tertiary/aromatic N) is 1. The molecule has 0 bridgehead atoms. The third-order valence-corrected chi connectivity index (χ3v) is 4.11. The normalized spacial score (nSPS) is 20.7. The zero-order chi connectivity index (χ0) is 12.9. The van der Waals surface area contributed by atoms with Crippen molar-refractivity contribution in [3.63, 3.8) is 0 Å². The van der Waals surface area contributed by atoms with E-state index in [0.29, 0.717) is 0 Å². The Morgan fingerprint density at radius 2 is 1.84 bits per heavy atom. The maximum Gasteiger partial charge on any atom is 0.128 e. The first-order valence-electron chi connectivity index (χ1n) is 7.50. The van der Waals surface area contributed by atoms with Gasteiger partial charge in [0.25, 0.3) is 0 Å². The number of benzene rings is 1. The molecule has 1 aromatic rings. The highest BCUT2D eigenvalue weighted by Crippen LogP contribution is 2.18. The van der Waals surface area contributed by atoms with Crippen LogP contribution in [0.4, 0.5) is 0 Å². The summed E-state index contributed by atoms with van der Waals surface area (Å²) >= 11 is 0. The molecular weight excluding hydrogens is 234 g/mol. The third kappa shape index (κ3) is 3.35. The fourth-order valence-electron chi connectivity index (χ4n) is 2.94. The van der Waals surface area contributed by atoms with Crippen molar-refractivity contribution in [3.05, 3.63) is 35.4 Å². The summed E-state index contributed by atoms with van der Waals surface area (Å²) in [6.07, 6.45) is 5.01. The van der Waals surface area contributed by atoms with Crippen LogP contribution in [0.25, 0.3) is 0 Å². The fourth-order valence-corrected chi connectivity index (χ4v) is 2.94. The molecule has 2 heterocycles. The summed E-state index contributed by atoms with van der Waals surface area (Å²) in [5, 5.41) is 6.81. The van der Waals surface area contributed by atoms with Crippen molar-refractivity contribution >= 4 is 5.84 Å². The van der Waals surface area contributed by atoms with Gasteiger partial charge in [0, 0.05) is 18.7 Å². The summed E-state index contributed by atoms with van der Waals surface area (Å²) in [6.45, 7) is 4.38. The first kappa shape index (κ1) is 12.7. The predicted molar refractivity (Wildman–Crippen MR) is 79.8 cm³/mol. The molecule has 0 unspecified atom stereocenters. The summed E-state index contributed by atoms with van der Waals surface area (Å²) in [7, 11) is 0. The van der Waals surface area contributed by atoms with Gasteiger partial charge < -0.3 is 10.6 Å². The van der Waals surface area contributed by atoms with Crippen LogP contribution in [0.15, 0.2) is 29.3 Å². The summed E-state index contributed by atoms with van der Waals surface area (Å²) in [4.78, 5) is 4.54. The van der Waals surface area contributed by atoms with Crippen LogP contribution in [0.3, 0.4) is 0 Å². The van der Waals surface area contributed by atoms with Crippen LogP contribution in [0, 0.1) is 5.92 Å². The molecule has 0 aliphatic carbocycles. The van der Waals surface area contributed by atoms with E-state index >= 15 is 0 Å². The zero-order valence-corrected chi connectivity index (χ0v) is 11.5. The van der Waals surface area contributed by atoms with Gasteiger partial charge in [-0.2, -0.15) is 0 Å². The van der Waals surface area contributed by atoms with E-state index in [1.165, 1.54) is 43.5 Å². The van der Waals surface area contributed by atoms with Gasteiger partial charge in [-0.1, -0.05) is 24.3 Å². The molecule has 0 spiro atoms. The molecule has 0 atom stereocenters. The van der Waals surface area contributed by atoms with E-state index in [1.807, 2.05) is 0 Å².